The predicted octanol–water partition coefficient (Wildman–Crippen LogP) is 0.141. The van der Waals surface area contributed by atoms with E-state index < -0.39 is 15.1 Å². The Balaban J connectivity index is 2.12. The summed E-state index contributed by atoms with van der Waals surface area (Å²) in [5.41, 5.74) is 0. The Labute approximate surface area is 113 Å². The minimum absolute atomic E-state index is 0.0337. The second-order valence-electron chi connectivity index (χ2n) is 4.92. The van der Waals surface area contributed by atoms with Crippen LogP contribution in [0.4, 0.5) is 0 Å². The molecule has 1 aromatic rings. The molecule has 0 aromatic carbocycles. The lowest BCUT2D eigenvalue weighted by atomic mass is 10.2. The maximum absolute atomic E-state index is 11.5. The average molecular weight is 288 g/mol. The van der Waals surface area contributed by atoms with Crippen LogP contribution in [0.25, 0.3) is 0 Å². The highest BCUT2D eigenvalue weighted by atomic mass is 32.2. The molecule has 2 atom stereocenters. The van der Waals surface area contributed by atoms with E-state index in [0.717, 1.165) is 26.2 Å². The molecule has 0 saturated carbocycles. The number of sulfone groups is 1. The van der Waals surface area contributed by atoms with Crippen molar-refractivity contribution in [1.29, 1.82) is 0 Å². The Bertz CT molecular complexity index is 522. The Hall–Kier alpha value is -0.990. The first-order chi connectivity index (χ1) is 8.89. The monoisotopic (exact) mass is 288 g/mol. The van der Waals surface area contributed by atoms with Gasteiger partial charge in [-0.05, 0) is 13.8 Å². The standard InChI is InChI=1S/C11H20N4O3S/c1-8(15-6-4-12-5-7-15)10-13-11(18-14-10)9(2)19(3,16)17/h8-9,12H,4-7H2,1-3H3. The molecule has 1 aliphatic heterocycles. The highest BCUT2D eigenvalue weighted by molar-refractivity contribution is 7.90. The van der Waals surface area contributed by atoms with Gasteiger partial charge in [0.05, 0.1) is 6.04 Å². The van der Waals surface area contributed by atoms with Crippen LogP contribution in [0, 0.1) is 0 Å². The maximum Gasteiger partial charge on any atom is 0.244 e. The summed E-state index contributed by atoms with van der Waals surface area (Å²) in [7, 11) is -3.21. The molecule has 0 radical (unpaired) electrons. The van der Waals surface area contributed by atoms with Crippen molar-refractivity contribution < 1.29 is 12.9 Å². The van der Waals surface area contributed by atoms with E-state index in [1.54, 1.807) is 6.92 Å². The molecule has 1 fully saturated rings. The number of nitrogens with one attached hydrogen (secondary N) is 1. The number of nitrogens with zero attached hydrogens (tertiary/aromatic N) is 3. The summed E-state index contributed by atoms with van der Waals surface area (Å²) in [6.45, 7) is 7.29. The summed E-state index contributed by atoms with van der Waals surface area (Å²) in [4.78, 5) is 6.48. The van der Waals surface area contributed by atoms with E-state index in [9.17, 15) is 8.42 Å². The lowest BCUT2D eigenvalue weighted by molar-refractivity contribution is 0.176. The molecule has 19 heavy (non-hydrogen) atoms. The van der Waals surface area contributed by atoms with Crippen LogP contribution in [0.3, 0.4) is 0 Å². The number of piperazine rings is 1. The molecule has 8 heteroatoms. The third-order valence-electron chi connectivity index (χ3n) is 3.52. The molecule has 0 amide bonds. The van der Waals surface area contributed by atoms with Crippen LogP contribution in [0.15, 0.2) is 4.52 Å². The number of aromatic nitrogens is 2. The highest BCUT2D eigenvalue weighted by Crippen LogP contribution is 2.23. The summed E-state index contributed by atoms with van der Waals surface area (Å²) < 4.78 is 28.0. The van der Waals surface area contributed by atoms with Gasteiger partial charge in [-0.25, -0.2) is 8.42 Å². The van der Waals surface area contributed by atoms with E-state index in [-0.39, 0.29) is 11.9 Å². The van der Waals surface area contributed by atoms with Crippen molar-refractivity contribution in [3.63, 3.8) is 0 Å². The summed E-state index contributed by atoms with van der Waals surface area (Å²) in [6.07, 6.45) is 1.17. The summed E-state index contributed by atoms with van der Waals surface area (Å²) in [6, 6.07) is 0.0337. The fraction of sp³-hybridized carbons (Fsp3) is 0.818. The largest absolute Gasteiger partial charge is 0.338 e. The van der Waals surface area contributed by atoms with E-state index in [2.05, 4.69) is 20.4 Å². The van der Waals surface area contributed by atoms with Crippen molar-refractivity contribution in [1.82, 2.24) is 20.4 Å². The van der Waals surface area contributed by atoms with Crippen LogP contribution in [0.2, 0.25) is 0 Å². The molecule has 2 unspecified atom stereocenters. The first-order valence-corrected chi connectivity index (χ1v) is 8.32. The summed E-state index contributed by atoms with van der Waals surface area (Å²) in [5, 5.41) is 6.43. The van der Waals surface area contributed by atoms with Gasteiger partial charge in [-0.1, -0.05) is 5.16 Å². The van der Waals surface area contributed by atoms with Crippen molar-refractivity contribution in [2.75, 3.05) is 32.4 Å². The van der Waals surface area contributed by atoms with Crippen LogP contribution in [-0.4, -0.2) is 55.9 Å². The minimum atomic E-state index is -3.21. The maximum atomic E-state index is 11.5. The zero-order valence-electron chi connectivity index (χ0n) is 11.5. The van der Waals surface area contributed by atoms with Gasteiger partial charge in [-0.2, -0.15) is 4.98 Å². The molecule has 7 nitrogen and oxygen atoms in total. The van der Waals surface area contributed by atoms with Crippen LogP contribution in [-0.2, 0) is 9.84 Å². The van der Waals surface area contributed by atoms with E-state index in [0.29, 0.717) is 5.82 Å². The second-order valence-corrected chi connectivity index (χ2v) is 7.29. The summed E-state index contributed by atoms with van der Waals surface area (Å²) in [5.74, 6) is 0.715. The molecule has 1 saturated heterocycles. The van der Waals surface area contributed by atoms with E-state index in [4.69, 9.17) is 4.52 Å². The molecular weight excluding hydrogens is 268 g/mol. The van der Waals surface area contributed by atoms with Crippen molar-refractivity contribution in [2.45, 2.75) is 25.1 Å². The van der Waals surface area contributed by atoms with Gasteiger partial charge in [0.25, 0.3) is 0 Å². The van der Waals surface area contributed by atoms with Crippen molar-refractivity contribution >= 4 is 9.84 Å². The quantitative estimate of drug-likeness (QED) is 0.843. The normalized spacial score (nSPS) is 21.2. The SMILES string of the molecule is CC(c1noc(C(C)S(C)(=O)=O)n1)N1CCNCC1. The van der Waals surface area contributed by atoms with Crippen LogP contribution in [0.1, 0.15) is 36.9 Å². The Morgan fingerprint density at radius 3 is 2.53 bits per heavy atom. The molecule has 0 spiro atoms. The minimum Gasteiger partial charge on any atom is -0.338 e. The van der Waals surface area contributed by atoms with Gasteiger partial charge in [-0.15, -0.1) is 0 Å². The molecule has 1 aliphatic rings. The van der Waals surface area contributed by atoms with E-state index in [1.807, 2.05) is 6.92 Å². The molecule has 2 heterocycles. The van der Waals surface area contributed by atoms with Gasteiger partial charge in [-0.3, -0.25) is 4.90 Å². The number of hydrogen-bond acceptors (Lipinski definition) is 7. The molecule has 0 bridgehead atoms. The molecule has 2 rings (SSSR count). The first-order valence-electron chi connectivity index (χ1n) is 6.36. The van der Waals surface area contributed by atoms with Crippen molar-refractivity contribution in [2.24, 2.45) is 0 Å². The van der Waals surface area contributed by atoms with E-state index in [1.165, 1.54) is 6.26 Å². The smallest absolute Gasteiger partial charge is 0.244 e. The van der Waals surface area contributed by atoms with E-state index >= 15 is 0 Å². The zero-order valence-corrected chi connectivity index (χ0v) is 12.3. The van der Waals surface area contributed by atoms with Gasteiger partial charge in [0.15, 0.2) is 15.7 Å². The lowest BCUT2D eigenvalue weighted by Gasteiger charge is -2.30. The van der Waals surface area contributed by atoms with Gasteiger partial charge < -0.3 is 9.84 Å². The van der Waals surface area contributed by atoms with Crippen molar-refractivity contribution in [3.8, 4) is 0 Å². The van der Waals surface area contributed by atoms with Crippen LogP contribution >= 0.6 is 0 Å². The average Bonchev–Trinajstić information content (AvgIpc) is 2.86. The molecule has 108 valence electrons. The molecule has 0 aliphatic carbocycles. The highest BCUT2D eigenvalue weighted by Gasteiger charge is 2.27. The zero-order chi connectivity index (χ0) is 14.0. The lowest BCUT2D eigenvalue weighted by Crippen LogP contribution is -2.44. The molecule has 1 N–H and O–H groups in total. The van der Waals surface area contributed by atoms with Gasteiger partial charge in [0, 0.05) is 32.4 Å². The van der Waals surface area contributed by atoms with Crippen molar-refractivity contribution in [3.05, 3.63) is 11.7 Å². The fourth-order valence-corrected chi connectivity index (χ4v) is 2.46. The number of hydrogen-bond donors (Lipinski definition) is 1. The first kappa shape index (κ1) is 14.4. The molecule has 1 aromatic heterocycles. The second kappa shape index (κ2) is 5.56. The van der Waals surface area contributed by atoms with Crippen LogP contribution in [0.5, 0.6) is 0 Å². The third kappa shape index (κ3) is 3.31. The Kier molecular flexibility index (Phi) is 4.22. The predicted molar refractivity (Wildman–Crippen MR) is 70.4 cm³/mol. The topological polar surface area (TPSA) is 88.3 Å². The Morgan fingerprint density at radius 2 is 1.95 bits per heavy atom. The van der Waals surface area contributed by atoms with Gasteiger partial charge >= 0.3 is 0 Å². The fourth-order valence-electron chi connectivity index (χ4n) is 2.00. The van der Waals surface area contributed by atoms with Crippen LogP contribution < -0.4 is 5.32 Å². The van der Waals surface area contributed by atoms with Gasteiger partial charge in [0.1, 0.15) is 5.25 Å². The third-order valence-corrected chi connectivity index (χ3v) is 5.01. The number of rotatable bonds is 4. The van der Waals surface area contributed by atoms with Gasteiger partial charge in [0.2, 0.25) is 5.89 Å². The summed E-state index contributed by atoms with van der Waals surface area (Å²) >= 11 is 0. The Morgan fingerprint density at radius 1 is 1.32 bits per heavy atom. The molecular formula is C11H20N4O3S.